The third-order valence-electron chi connectivity index (χ3n) is 5.98. The van der Waals surface area contributed by atoms with Crippen molar-refractivity contribution in [1.29, 1.82) is 0 Å². The first-order chi connectivity index (χ1) is 15.3. The molecule has 0 radical (unpaired) electrons. The number of carboxylic acid groups (broad SMARTS) is 1. The lowest BCUT2D eigenvalue weighted by atomic mass is 10.0. The van der Waals surface area contributed by atoms with Crippen molar-refractivity contribution in [3.8, 4) is 23.7 Å². The highest BCUT2D eigenvalue weighted by atomic mass is 16.4. The fourth-order valence-electron chi connectivity index (χ4n) is 4.01. The van der Waals surface area contributed by atoms with Crippen LogP contribution in [0, 0.1) is 23.7 Å². The van der Waals surface area contributed by atoms with E-state index in [-0.39, 0.29) is 0 Å². The van der Waals surface area contributed by atoms with Crippen LogP contribution in [0.2, 0.25) is 0 Å². The second-order valence-corrected chi connectivity index (χ2v) is 9.03. The zero-order valence-corrected chi connectivity index (χ0v) is 20.6. The largest absolute Gasteiger partial charge is 0.472 e. The van der Waals surface area contributed by atoms with Crippen LogP contribution < -0.4 is 0 Å². The van der Waals surface area contributed by atoms with Gasteiger partial charge in [-0.2, -0.15) is 0 Å². The van der Waals surface area contributed by atoms with Gasteiger partial charge in [0.15, 0.2) is 0 Å². The number of hydrogen-bond donors (Lipinski definition) is 1. The summed E-state index contributed by atoms with van der Waals surface area (Å²) in [5.74, 6) is 8.74. The number of rotatable bonds is 22. The first-order valence-electron chi connectivity index (χ1n) is 13.5. The normalized spacial score (nSPS) is 10.2. The molecule has 0 fully saturated rings. The summed E-state index contributed by atoms with van der Waals surface area (Å²) in [5.41, 5.74) is 0. The van der Waals surface area contributed by atoms with E-state index in [0.717, 1.165) is 12.8 Å². The van der Waals surface area contributed by atoms with Gasteiger partial charge in [0.05, 0.1) is 0 Å². The average molecular weight is 431 g/mol. The standard InChI is InChI=1S/C29H50O2/c1-2-3-4-5-6-7-8-9-10-11-12-13-14-15-16-17-18-19-20-21-22-23-24-25-26-27-28-29(30)31/h2-24H2,1H3,(H,30,31). The summed E-state index contributed by atoms with van der Waals surface area (Å²) in [7, 11) is 0. The number of carbonyl (C=O) groups is 1. The minimum absolute atomic E-state index is 0.827. The summed E-state index contributed by atoms with van der Waals surface area (Å²) < 4.78 is 0. The van der Waals surface area contributed by atoms with Crippen molar-refractivity contribution < 1.29 is 9.90 Å². The van der Waals surface area contributed by atoms with Crippen molar-refractivity contribution in [2.24, 2.45) is 0 Å². The molecule has 178 valence electrons. The molecular formula is C29H50O2. The topological polar surface area (TPSA) is 37.3 Å². The van der Waals surface area contributed by atoms with Crippen molar-refractivity contribution in [2.75, 3.05) is 0 Å². The van der Waals surface area contributed by atoms with Crippen LogP contribution >= 0.6 is 0 Å². The summed E-state index contributed by atoms with van der Waals surface area (Å²) in [4.78, 5) is 10.2. The van der Waals surface area contributed by atoms with Gasteiger partial charge in [-0.3, -0.25) is 0 Å². The molecule has 0 unspecified atom stereocenters. The molecule has 0 aromatic carbocycles. The molecule has 0 saturated carbocycles. The van der Waals surface area contributed by atoms with Crippen molar-refractivity contribution in [1.82, 2.24) is 0 Å². The highest BCUT2D eigenvalue weighted by molar-refractivity contribution is 5.87. The van der Waals surface area contributed by atoms with E-state index in [9.17, 15) is 4.79 Å². The molecule has 0 rings (SSSR count). The quantitative estimate of drug-likeness (QED) is 0.137. The molecule has 0 spiro atoms. The lowest BCUT2D eigenvalue weighted by molar-refractivity contribution is -0.130. The first-order valence-corrected chi connectivity index (χ1v) is 13.5. The summed E-state index contributed by atoms with van der Waals surface area (Å²) in [6.07, 6.45) is 31.6. The minimum Gasteiger partial charge on any atom is -0.472 e. The van der Waals surface area contributed by atoms with Crippen molar-refractivity contribution in [3.63, 3.8) is 0 Å². The third-order valence-corrected chi connectivity index (χ3v) is 5.98. The lowest BCUT2D eigenvalue weighted by Gasteiger charge is -2.04. The molecule has 0 saturated heterocycles. The Kier molecular flexibility index (Phi) is 25.4. The Morgan fingerprint density at radius 3 is 1.16 bits per heavy atom. The van der Waals surface area contributed by atoms with Gasteiger partial charge < -0.3 is 5.11 Å². The van der Waals surface area contributed by atoms with Gasteiger partial charge in [-0.05, 0) is 18.3 Å². The van der Waals surface area contributed by atoms with Crippen LogP contribution in [0.25, 0.3) is 0 Å². The fraction of sp³-hybridized carbons (Fsp3) is 0.828. The van der Waals surface area contributed by atoms with E-state index < -0.39 is 5.97 Å². The molecule has 0 amide bonds. The molecule has 31 heavy (non-hydrogen) atoms. The molecule has 0 heterocycles. The van der Waals surface area contributed by atoms with Crippen LogP contribution in [-0.2, 0) is 4.79 Å². The zero-order chi connectivity index (χ0) is 22.7. The van der Waals surface area contributed by atoms with Gasteiger partial charge in [0.25, 0.3) is 0 Å². The summed E-state index contributed by atoms with van der Waals surface area (Å²) in [5, 5.41) is 8.36. The Bertz CT molecular complexity index is 500. The summed E-state index contributed by atoms with van der Waals surface area (Å²) in [6, 6.07) is 0. The average Bonchev–Trinajstić information content (AvgIpc) is 2.76. The maximum absolute atomic E-state index is 10.2. The van der Waals surface area contributed by atoms with Gasteiger partial charge in [0.2, 0.25) is 0 Å². The van der Waals surface area contributed by atoms with Gasteiger partial charge in [0, 0.05) is 12.3 Å². The molecule has 0 aromatic heterocycles. The molecular weight excluding hydrogens is 380 g/mol. The minimum atomic E-state index is -1.11. The van der Waals surface area contributed by atoms with E-state index in [4.69, 9.17) is 5.11 Å². The van der Waals surface area contributed by atoms with E-state index >= 15 is 0 Å². The first kappa shape index (κ1) is 29.6. The zero-order valence-electron chi connectivity index (χ0n) is 20.6. The molecule has 2 nitrogen and oxygen atoms in total. The predicted molar refractivity (Wildman–Crippen MR) is 135 cm³/mol. The highest BCUT2D eigenvalue weighted by Gasteiger charge is 1.95. The van der Waals surface area contributed by atoms with Gasteiger partial charge in [0.1, 0.15) is 0 Å². The maximum atomic E-state index is 10.2. The van der Waals surface area contributed by atoms with Gasteiger partial charge in [-0.25, -0.2) is 4.79 Å². The molecule has 1 N–H and O–H groups in total. The van der Waals surface area contributed by atoms with Crippen LogP contribution in [0.1, 0.15) is 155 Å². The molecule has 0 bridgehead atoms. The SMILES string of the molecule is CCCCCCCCCCCCCCCCCCCCCCCCC#CC#CC(=O)O. The van der Waals surface area contributed by atoms with E-state index in [1.807, 2.05) is 5.92 Å². The molecule has 0 atom stereocenters. The Hall–Kier alpha value is -1.41. The van der Waals surface area contributed by atoms with E-state index in [1.54, 1.807) is 0 Å². The van der Waals surface area contributed by atoms with Crippen LogP contribution in [0.15, 0.2) is 0 Å². The fourth-order valence-corrected chi connectivity index (χ4v) is 4.01. The van der Waals surface area contributed by atoms with E-state index in [1.165, 1.54) is 135 Å². The highest BCUT2D eigenvalue weighted by Crippen LogP contribution is 2.15. The molecule has 0 aliphatic rings. The smallest absolute Gasteiger partial charge is 0.382 e. The second-order valence-electron chi connectivity index (χ2n) is 9.03. The summed E-state index contributed by atoms with van der Waals surface area (Å²) in [6.45, 7) is 2.29. The lowest BCUT2D eigenvalue weighted by Crippen LogP contribution is -1.85. The molecule has 0 aliphatic carbocycles. The number of hydrogen-bond acceptors (Lipinski definition) is 1. The second kappa shape index (κ2) is 26.6. The molecule has 0 aliphatic heterocycles. The van der Waals surface area contributed by atoms with Crippen LogP contribution in [-0.4, -0.2) is 11.1 Å². The number of carboxylic acids is 1. The van der Waals surface area contributed by atoms with E-state index in [2.05, 4.69) is 24.7 Å². The van der Waals surface area contributed by atoms with Crippen LogP contribution in [0.3, 0.4) is 0 Å². The van der Waals surface area contributed by atoms with Crippen molar-refractivity contribution >= 4 is 5.97 Å². The Morgan fingerprint density at radius 2 is 0.839 bits per heavy atom. The van der Waals surface area contributed by atoms with Crippen molar-refractivity contribution in [2.45, 2.75) is 155 Å². The molecule has 2 heteroatoms. The van der Waals surface area contributed by atoms with Gasteiger partial charge in [-0.15, -0.1) is 0 Å². The third kappa shape index (κ3) is 28.6. The van der Waals surface area contributed by atoms with E-state index in [0.29, 0.717) is 0 Å². The van der Waals surface area contributed by atoms with Crippen LogP contribution in [0.5, 0.6) is 0 Å². The summed E-state index contributed by atoms with van der Waals surface area (Å²) >= 11 is 0. The van der Waals surface area contributed by atoms with Crippen molar-refractivity contribution in [3.05, 3.63) is 0 Å². The monoisotopic (exact) mass is 430 g/mol. The molecule has 0 aromatic rings. The Morgan fingerprint density at radius 1 is 0.516 bits per heavy atom. The van der Waals surface area contributed by atoms with Gasteiger partial charge in [-0.1, -0.05) is 148 Å². The van der Waals surface area contributed by atoms with Gasteiger partial charge >= 0.3 is 5.97 Å². The Labute approximate surface area is 194 Å². The maximum Gasteiger partial charge on any atom is 0.382 e. The number of unbranched alkanes of at least 4 members (excludes halogenated alkanes) is 22. The predicted octanol–water partition coefficient (Wildman–Crippen LogP) is 9.07. The Balaban J connectivity index is 3.10. The number of aliphatic carboxylic acids is 1. The van der Waals surface area contributed by atoms with Crippen LogP contribution in [0.4, 0.5) is 0 Å².